The van der Waals surface area contributed by atoms with Crippen LogP contribution in [0.15, 0.2) is 86.2 Å². The Morgan fingerprint density at radius 1 is 0.315 bits per heavy atom. The summed E-state index contributed by atoms with van der Waals surface area (Å²) in [6, 6.07) is 26.2. The zero-order valence-corrected chi connectivity index (χ0v) is 41.3. The minimum Gasteiger partial charge on any atom is -0.423 e. The van der Waals surface area contributed by atoms with E-state index in [1.165, 1.54) is 33.4 Å². The summed E-state index contributed by atoms with van der Waals surface area (Å²) in [5.41, 5.74) is 11.5. The van der Waals surface area contributed by atoms with Gasteiger partial charge in [0, 0.05) is 13.4 Å². The molecule has 0 spiro atoms. The van der Waals surface area contributed by atoms with Gasteiger partial charge in [-0.3, -0.25) is 0 Å². The fraction of sp³-hybridized carbons (Fsp3) is 0.500. The van der Waals surface area contributed by atoms with Gasteiger partial charge in [-0.15, -0.1) is 0 Å². The van der Waals surface area contributed by atoms with Crippen LogP contribution in [-0.2, 0) is 32.5 Å². The van der Waals surface area contributed by atoms with Crippen molar-refractivity contribution in [3.05, 3.63) is 120 Å². The summed E-state index contributed by atoms with van der Waals surface area (Å²) in [7, 11) is -1.40. The lowest BCUT2D eigenvalue weighted by Crippen LogP contribution is -2.33. The topological polar surface area (TPSA) is 40.5 Å². The first kappa shape index (κ1) is 48.5. The third kappa shape index (κ3) is 15.0. The van der Waals surface area contributed by atoms with Crippen molar-refractivity contribution in [2.24, 2.45) is 0 Å². The molecule has 0 heterocycles. The minimum absolute atomic E-state index is 0.00486. The molecule has 4 aromatic carbocycles. The van der Waals surface area contributed by atoms with E-state index in [0.29, 0.717) is 5.46 Å². The fourth-order valence-corrected chi connectivity index (χ4v) is 7.29. The Bertz CT molecular complexity index is 1780. The van der Waals surface area contributed by atoms with Gasteiger partial charge in [0.15, 0.2) is 0 Å². The molecule has 0 saturated carbocycles. The molecule has 0 unspecified atom stereocenters. The van der Waals surface area contributed by atoms with Gasteiger partial charge < -0.3 is 10.0 Å². The predicted molar refractivity (Wildman–Crippen MR) is 250 cm³/mol. The number of hydrogen-bond acceptors (Lipinski definition) is 2. The van der Waals surface area contributed by atoms with E-state index in [-0.39, 0.29) is 32.5 Å². The second kappa shape index (κ2) is 17.8. The number of hydrogen-bond donors (Lipinski definition) is 2. The summed E-state index contributed by atoms with van der Waals surface area (Å²) < 4.78 is 3.40. The standard InChI is InChI=1S/C24H33Br.C14H23BO2.C10H12Br2/c1-22(2,3)18-10-16(11-19(14-18)23(4,5)6)17-12-20(24(7,8)9)15-21(25)13-17;1-13(2,3)10-7-11(14(4,5)6)9-12(8-10)15(16)17;1-10(2,3)7-4-8(11)6-9(12)5-7/h10-15H,1-9H3;7-9,16-17H,1-6H3;4-6H,1-3H3. The van der Waals surface area contributed by atoms with Gasteiger partial charge in [-0.05, 0) is 113 Å². The summed E-state index contributed by atoms with van der Waals surface area (Å²) in [5, 5.41) is 18.7. The van der Waals surface area contributed by atoms with E-state index in [1.54, 1.807) is 0 Å². The van der Waals surface area contributed by atoms with E-state index in [9.17, 15) is 10.0 Å². The van der Waals surface area contributed by atoms with E-state index in [4.69, 9.17) is 0 Å². The van der Waals surface area contributed by atoms with Crippen LogP contribution in [0.5, 0.6) is 0 Å². The highest BCUT2D eigenvalue weighted by molar-refractivity contribution is 9.11. The summed E-state index contributed by atoms with van der Waals surface area (Å²) in [5.74, 6) is 0. The van der Waals surface area contributed by atoms with Crippen LogP contribution in [-0.4, -0.2) is 17.2 Å². The molecule has 0 aliphatic rings. The summed E-state index contributed by atoms with van der Waals surface area (Å²) in [6.45, 7) is 39.9. The number of halogens is 3. The molecule has 0 saturated heterocycles. The van der Waals surface area contributed by atoms with Gasteiger partial charge in [0.2, 0.25) is 0 Å². The van der Waals surface area contributed by atoms with Gasteiger partial charge >= 0.3 is 7.12 Å². The second-order valence-corrected chi connectivity index (χ2v) is 23.7. The van der Waals surface area contributed by atoms with Crippen LogP contribution in [0, 0.1) is 0 Å². The Labute approximate surface area is 355 Å². The van der Waals surface area contributed by atoms with E-state index in [2.05, 4.69) is 233 Å². The van der Waals surface area contributed by atoms with Crippen molar-refractivity contribution in [1.29, 1.82) is 0 Å². The summed E-state index contributed by atoms with van der Waals surface area (Å²) in [6.07, 6.45) is 0. The van der Waals surface area contributed by atoms with Crippen LogP contribution >= 0.6 is 47.8 Å². The molecule has 0 radical (unpaired) electrons. The lowest BCUT2D eigenvalue weighted by atomic mass is 9.72. The zero-order chi connectivity index (χ0) is 42.0. The Morgan fingerprint density at radius 2 is 0.537 bits per heavy atom. The molecule has 6 heteroatoms. The molecule has 54 heavy (non-hydrogen) atoms. The van der Waals surface area contributed by atoms with Crippen molar-refractivity contribution < 1.29 is 10.0 Å². The van der Waals surface area contributed by atoms with Crippen LogP contribution in [0.25, 0.3) is 11.1 Å². The summed E-state index contributed by atoms with van der Waals surface area (Å²) in [4.78, 5) is 0. The molecular formula is C48H68BBr3O2. The Kier molecular flexibility index (Phi) is 16.0. The van der Waals surface area contributed by atoms with Crippen molar-refractivity contribution in [3.8, 4) is 11.1 Å². The number of rotatable bonds is 2. The van der Waals surface area contributed by atoms with Crippen molar-refractivity contribution in [1.82, 2.24) is 0 Å². The first-order valence-electron chi connectivity index (χ1n) is 19.1. The van der Waals surface area contributed by atoms with Crippen molar-refractivity contribution in [3.63, 3.8) is 0 Å². The zero-order valence-electron chi connectivity index (χ0n) is 36.5. The fourth-order valence-electron chi connectivity index (χ4n) is 5.50. The Hall–Kier alpha value is -1.70. The van der Waals surface area contributed by atoms with Crippen LogP contribution in [0.3, 0.4) is 0 Å². The van der Waals surface area contributed by atoms with Gasteiger partial charge in [-0.1, -0.05) is 215 Å². The van der Waals surface area contributed by atoms with E-state index in [0.717, 1.165) is 24.5 Å². The average molecular weight is 928 g/mol. The highest BCUT2D eigenvalue weighted by atomic mass is 79.9. The van der Waals surface area contributed by atoms with Crippen LogP contribution < -0.4 is 5.46 Å². The van der Waals surface area contributed by atoms with Crippen LogP contribution in [0.4, 0.5) is 0 Å². The number of benzene rings is 4. The van der Waals surface area contributed by atoms with Gasteiger partial charge in [0.1, 0.15) is 0 Å². The second-order valence-electron chi connectivity index (χ2n) is 20.9. The Balaban J connectivity index is 0.000000301. The maximum atomic E-state index is 9.36. The molecule has 0 aromatic heterocycles. The highest BCUT2D eigenvalue weighted by Crippen LogP contribution is 2.37. The molecule has 4 rings (SSSR count). The Morgan fingerprint density at radius 3 is 0.815 bits per heavy atom. The predicted octanol–water partition coefficient (Wildman–Crippen LogP) is 14.5. The molecule has 0 bridgehead atoms. The van der Waals surface area contributed by atoms with E-state index >= 15 is 0 Å². The molecule has 0 amide bonds. The van der Waals surface area contributed by atoms with Gasteiger partial charge in [-0.2, -0.15) is 0 Å². The monoisotopic (exact) mass is 924 g/mol. The molecule has 2 nitrogen and oxygen atoms in total. The average Bonchev–Trinajstić information content (AvgIpc) is 2.98. The molecule has 4 aromatic rings. The largest absolute Gasteiger partial charge is 0.488 e. The maximum Gasteiger partial charge on any atom is 0.488 e. The van der Waals surface area contributed by atoms with Crippen LogP contribution in [0.2, 0.25) is 0 Å². The van der Waals surface area contributed by atoms with Crippen molar-refractivity contribution >= 4 is 60.4 Å². The third-order valence-electron chi connectivity index (χ3n) is 9.48. The first-order valence-corrected chi connectivity index (χ1v) is 21.4. The van der Waals surface area contributed by atoms with Gasteiger partial charge in [0.05, 0.1) is 0 Å². The van der Waals surface area contributed by atoms with Crippen LogP contribution in [0.1, 0.15) is 158 Å². The lowest BCUT2D eigenvalue weighted by molar-refractivity contribution is 0.425. The molecule has 0 aliphatic heterocycles. The molecule has 0 aliphatic carbocycles. The molecule has 0 fully saturated rings. The van der Waals surface area contributed by atoms with E-state index < -0.39 is 7.12 Å². The van der Waals surface area contributed by atoms with Gasteiger partial charge in [-0.25, -0.2) is 0 Å². The molecule has 296 valence electrons. The smallest absolute Gasteiger partial charge is 0.423 e. The quantitative estimate of drug-likeness (QED) is 0.197. The molecule has 0 atom stereocenters. The van der Waals surface area contributed by atoms with Gasteiger partial charge in [0.25, 0.3) is 0 Å². The molecule has 2 N–H and O–H groups in total. The van der Waals surface area contributed by atoms with E-state index in [1.807, 2.05) is 12.1 Å². The third-order valence-corrected chi connectivity index (χ3v) is 10.8. The first-order chi connectivity index (χ1) is 24.1. The maximum absolute atomic E-state index is 9.36. The normalized spacial score (nSPS) is 12.7. The SMILES string of the molecule is CC(C)(C)c1cc(B(O)O)cc(C(C)(C)C)c1.CC(C)(C)c1cc(Br)cc(-c2cc(C(C)(C)C)cc(C(C)(C)C)c2)c1.CC(C)(C)c1cc(Br)cc(Br)c1. The van der Waals surface area contributed by atoms with Crippen molar-refractivity contribution in [2.75, 3.05) is 0 Å². The summed E-state index contributed by atoms with van der Waals surface area (Å²) >= 11 is 10.7. The molecular weight excluding hydrogens is 859 g/mol. The highest BCUT2D eigenvalue weighted by Gasteiger charge is 2.24. The van der Waals surface area contributed by atoms with Crippen molar-refractivity contribution in [2.45, 2.75) is 157 Å². The minimum atomic E-state index is -1.40. The lowest BCUT2D eigenvalue weighted by Gasteiger charge is -2.27.